The Kier molecular flexibility index (Phi) is 13.1. The number of rotatable bonds is 0. The Bertz CT molecular complexity index is 70.9. The first kappa shape index (κ1) is 14.4. The van der Waals surface area contributed by atoms with E-state index in [4.69, 9.17) is 5.11 Å². The molecule has 1 fully saturated rings. The third-order valence-electron chi connectivity index (χ3n) is 1.37. The molecule has 76 valence electrons. The largest absolute Gasteiger partial charge is 0.392 e. The number of hydrogen-bond donors (Lipinski definition) is 1. The molecule has 0 aliphatic carbocycles. The van der Waals surface area contributed by atoms with Crippen molar-refractivity contribution in [1.29, 1.82) is 0 Å². The number of likely N-dealkylation sites (N-methyl/N-ethyl adjacent to an activating group) is 1. The third-order valence-corrected chi connectivity index (χ3v) is 1.37. The summed E-state index contributed by atoms with van der Waals surface area (Å²) in [6.07, 6.45) is 0.904. The lowest BCUT2D eigenvalue weighted by molar-refractivity contribution is 0.183. The van der Waals surface area contributed by atoms with Crippen molar-refractivity contribution >= 4 is 0 Å². The number of methoxy groups -OCH3 is 1. The van der Waals surface area contributed by atoms with E-state index >= 15 is 0 Å². The van der Waals surface area contributed by atoms with Crippen molar-refractivity contribution < 1.29 is 9.84 Å². The van der Waals surface area contributed by atoms with Gasteiger partial charge in [0.15, 0.2) is 0 Å². The van der Waals surface area contributed by atoms with Crippen molar-refractivity contribution in [3.05, 3.63) is 0 Å². The summed E-state index contributed by atoms with van der Waals surface area (Å²) in [6.45, 7) is 5.92. The molecule has 0 aromatic heterocycles. The van der Waals surface area contributed by atoms with E-state index in [0.29, 0.717) is 0 Å². The molecule has 0 spiro atoms. The first-order valence-corrected chi connectivity index (χ1v) is 4.47. The lowest BCUT2D eigenvalue weighted by Gasteiger charge is -2.02. The average molecular weight is 177 g/mol. The van der Waals surface area contributed by atoms with E-state index in [-0.39, 0.29) is 6.10 Å². The molecule has 3 nitrogen and oxygen atoms in total. The van der Waals surface area contributed by atoms with Gasteiger partial charge in [-0.2, -0.15) is 0 Å². The fraction of sp³-hybridized carbons (Fsp3) is 1.00. The van der Waals surface area contributed by atoms with E-state index < -0.39 is 0 Å². The quantitative estimate of drug-likeness (QED) is 0.598. The van der Waals surface area contributed by atoms with Crippen molar-refractivity contribution in [2.75, 3.05) is 34.4 Å². The van der Waals surface area contributed by atoms with E-state index in [1.807, 2.05) is 20.9 Å². The van der Waals surface area contributed by atoms with Crippen LogP contribution < -0.4 is 0 Å². The van der Waals surface area contributed by atoms with Crippen LogP contribution in [0, 0.1) is 0 Å². The molecule has 1 rings (SSSR count). The summed E-state index contributed by atoms with van der Waals surface area (Å²) in [7, 11) is 5.27. The Hall–Kier alpha value is -0.120. The van der Waals surface area contributed by atoms with Gasteiger partial charge in [-0.1, -0.05) is 13.8 Å². The van der Waals surface area contributed by atoms with Gasteiger partial charge in [-0.3, -0.25) is 0 Å². The van der Waals surface area contributed by atoms with Gasteiger partial charge in [-0.15, -0.1) is 0 Å². The third kappa shape index (κ3) is 9.88. The summed E-state index contributed by atoms with van der Waals surface area (Å²) >= 11 is 0. The molecule has 1 aliphatic heterocycles. The number of β-amino-alcohol motifs (C(OH)–C–C–N with tert-alkyl or cyclic N) is 1. The number of aliphatic hydroxyl groups excluding tert-OH is 1. The van der Waals surface area contributed by atoms with Gasteiger partial charge >= 0.3 is 0 Å². The van der Waals surface area contributed by atoms with Crippen LogP contribution in [-0.2, 0) is 4.74 Å². The minimum absolute atomic E-state index is 0.0509. The highest BCUT2D eigenvalue weighted by atomic mass is 16.4. The molecular weight excluding hydrogens is 154 g/mol. The standard InChI is InChI=1S/C5H11NO.C2H6O.C2H6/c1-6-3-2-5(7)4-6;1-3-2;1-2/h5,7H,2-4H2,1H3;1-2H3;1-2H3. The summed E-state index contributed by atoms with van der Waals surface area (Å²) in [4.78, 5) is 2.13. The summed E-state index contributed by atoms with van der Waals surface area (Å²) in [5, 5.41) is 8.86. The summed E-state index contributed by atoms with van der Waals surface area (Å²) in [6, 6.07) is 0. The van der Waals surface area contributed by atoms with Crippen LogP contribution in [0.25, 0.3) is 0 Å². The highest BCUT2D eigenvalue weighted by Crippen LogP contribution is 2.03. The predicted molar refractivity (Wildman–Crippen MR) is 52.4 cm³/mol. The zero-order valence-electron chi connectivity index (χ0n) is 9.00. The maximum atomic E-state index is 8.86. The van der Waals surface area contributed by atoms with Crippen molar-refractivity contribution in [2.45, 2.75) is 26.4 Å². The van der Waals surface area contributed by atoms with Crippen LogP contribution >= 0.6 is 0 Å². The molecule has 0 amide bonds. The van der Waals surface area contributed by atoms with Crippen molar-refractivity contribution in [1.82, 2.24) is 4.90 Å². The molecule has 12 heavy (non-hydrogen) atoms. The molecule has 1 unspecified atom stereocenters. The molecule has 0 aromatic carbocycles. The van der Waals surface area contributed by atoms with E-state index in [9.17, 15) is 0 Å². The molecular formula is C9H23NO2. The minimum Gasteiger partial charge on any atom is -0.392 e. The second-order valence-electron chi connectivity index (χ2n) is 2.61. The first-order chi connectivity index (χ1) is 5.70. The van der Waals surface area contributed by atoms with Crippen LogP contribution in [0.4, 0.5) is 0 Å². The predicted octanol–water partition coefficient (Wildman–Crippen LogP) is 0.972. The number of nitrogens with zero attached hydrogens (tertiary/aromatic N) is 1. The van der Waals surface area contributed by atoms with Gasteiger partial charge in [0.25, 0.3) is 0 Å². The Balaban J connectivity index is 0. The average Bonchev–Trinajstić information content (AvgIpc) is 2.40. The number of hydrogen-bond acceptors (Lipinski definition) is 3. The lowest BCUT2D eigenvalue weighted by atomic mass is 10.3. The first-order valence-electron chi connectivity index (χ1n) is 4.47. The molecule has 1 aliphatic rings. The van der Waals surface area contributed by atoms with Gasteiger partial charge in [0.1, 0.15) is 0 Å². The molecule has 0 aromatic rings. The molecule has 3 heteroatoms. The number of likely N-dealkylation sites (tertiary alicyclic amines) is 1. The van der Waals surface area contributed by atoms with Gasteiger partial charge in [-0.05, 0) is 13.5 Å². The van der Waals surface area contributed by atoms with Crippen molar-refractivity contribution in [2.24, 2.45) is 0 Å². The summed E-state index contributed by atoms with van der Waals surface area (Å²) < 4.78 is 4.25. The minimum atomic E-state index is -0.0509. The molecule has 1 atom stereocenters. The topological polar surface area (TPSA) is 32.7 Å². The molecule has 1 heterocycles. The Morgan fingerprint density at radius 3 is 1.83 bits per heavy atom. The molecule has 0 saturated carbocycles. The van der Waals surface area contributed by atoms with Crippen LogP contribution in [0.15, 0.2) is 0 Å². The Morgan fingerprint density at radius 1 is 1.33 bits per heavy atom. The van der Waals surface area contributed by atoms with Crippen molar-refractivity contribution in [3.63, 3.8) is 0 Å². The van der Waals surface area contributed by atoms with E-state index in [0.717, 1.165) is 19.5 Å². The highest BCUT2D eigenvalue weighted by molar-refractivity contribution is 4.70. The van der Waals surface area contributed by atoms with Crippen LogP contribution in [-0.4, -0.2) is 50.5 Å². The second-order valence-corrected chi connectivity index (χ2v) is 2.61. The van der Waals surface area contributed by atoms with Crippen LogP contribution in [0.2, 0.25) is 0 Å². The molecule has 0 bridgehead atoms. The van der Waals surface area contributed by atoms with Gasteiger partial charge in [0, 0.05) is 27.3 Å². The van der Waals surface area contributed by atoms with Crippen molar-refractivity contribution in [3.8, 4) is 0 Å². The molecule has 0 radical (unpaired) electrons. The van der Waals surface area contributed by atoms with Crippen LogP contribution in [0.3, 0.4) is 0 Å². The summed E-state index contributed by atoms with van der Waals surface area (Å²) in [5.41, 5.74) is 0. The maximum absolute atomic E-state index is 8.86. The van der Waals surface area contributed by atoms with E-state index in [1.54, 1.807) is 14.2 Å². The molecule has 1 saturated heterocycles. The summed E-state index contributed by atoms with van der Waals surface area (Å²) in [5.74, 6) is 0. The number of aliphatic hydroxyl groups is 1. The highest BCUT2D eigenvalue weighted by Gasteiger charge is 2.14. The lowest BCUT2D eigenvalue weighted by Crippen LogP contribution is -2.15. The number of ether oxygens (including phenoxy) is 1. The van der Waals surface area contributed by atoms with Crippen LogP contribution in [0.1, 0.15) is 20.3 Å². The van der Waals surface area contributed by atoms with E-state index in [2.05, 4.69) is 9.64 Å². The fourth-order valence-electron chi connectivity index (χ4n) is 0.912. The zero-order valence-corrected chi connectivity index (χ0v) is 9.00. The fourth-order valence-corrected chi connectivity index (χ4v) is 0.912. The van der Waals surface area contributed by atoms with Gasteiger partial charge in [-0.25, -0.2) is 0 Å². The van der Waals surface area contributed by atoms with Gasteiger partial charge in [0.2, 0.25) is 0 Å². The Morgan fingerprint density at radius 2 is 1.75 bits per heavy atom. The smallest absolute Gasteiger partial charge is 0.0679 e. The normalized spacial score (nSPS) is 22.0. The monoisotopic (exact) mass is 177 g/mol. The van der Waals surface area contributed by atoms with Crippen LogP contribution in [0.5, 0.6) is 0 Å². The maximum Gasteiger partial charge on any atom is 0.0679 e. The second kappa shape index (κ2) is 10.9. The SMILES string of the molecule is CC.CN1CCC(O)C1.COC. The Labute approximate surface area is 76.3 Å². The van der Waals surface area contributed by atoms with Gasteiger partial charge < -0.3 is 14.7 Å². The van der Waals surface area contributed by atoms with Gasteiger partial charge in [0.05, 0.1) is 6.10 Å². The van der Waals surface area contributed by atoms with E-state index in [1.165, 1.54) is 0 Å². The zero-order chi connectivity index (χ0) is 9.98. The molecule has 1 N–H and O–H groups in total.